The lowest BCUT2D eigenvalue weighted by Crippen LogP contribution is -2.61. The molecule has 0 radical (unpaired) electrons. The summed E-state index contributed by atoms with van der Waals surface area (Å²) in [6.07, 6.45) is 0.494. The molecule has 1 aliphatic rings. The number of imide groups is 1. The van der Waals surface area contributed by atoms with E-state index in [1.165, 1.54) is 4.90 Å². The van der Waals surface area contributed by atoms with Crippen LogP contribution in [0.15, 0.2) is 30.3 Å². The van der Waals surface area contributed by atoms with Crippen LogP contribution in [0.1, 0.15) is 58.4 Å². The number of hydrogen-bond acceptors (Lipinski definition) is 11. The number of rotatable bonds is 20. The zero-order valence-electron chi connectivity index (χ0n) is 28.7. The van der Waals surface area contributed by atoms with Crippen molar-refractivity contribution in [1.82, 2.24) is 25.8 Å². The highest BCUT2D eigenvalue weighted by molar-refractivity contribution is 6.04. The average Bonchev–Trinajstić information content (AvgIpc) is 3.60. The van der Waals surface area contributed by atoms with E-state index >= 15 is 0 Å². The predicted molar refractivity (Wildman–Crippen MR) is 180 cm³/mol. The van der Waals surface area contributed by atoms with Crippen molar-refractivity contribution >= 4 is 47.6 Å². The summed E-state index contributed by atoms with van der Waals surface area (Å²) in [5.41, 5.74) is 17.0. The number of nitrogens with zero attached hydrogens (tertiary/aromatic N) is 2. The zero-order chi connectivity index (χ0) is 37.5. The van der Waals surface area contributed by atoms with Crippen LogP contribution in [0.5, 0.6) is 0 Å². The summed E-state index contributed by atoms with van der Waals surface area (Å²) in [5, 5.41) is 17.5. The molecule has 1 saturated heterocycles. The van der Waals surface area contributed by atoms with E-state index in [2.05, 4.69) is 16.0 Å². The molecule has 1 aromatic rings. The van der Waals surface area contributed by atoms with Crippen molar-refractivity contribution in [1.29, 1.82) is 0 Å². The molecule has 50 heavy (non-hydrogen) atoms. The Labute approximate surface area is 291 Å². The van der Waals surface area contributed by atoms with Gasteiger partial charge < -0.3 is 48.0 Å². The molecular formula is C33H50N8O9. The number of amides is 7. The van der Waals surface area contributed by atoms with Crippen molar-refractivity contribution in [2.24, 2.45) is 23.1 Å². The predicted octanol–water partition coefficient (Wildman–Crippen LogP) is -2.79. The van der Waals surface area contributed by atoms with Gasteiger partial charge in [-0.2, -0.15) is 0 Å². The van der Waals surface area contributed by atoms with Crippen molar-refractivity contribution in [3.05, 3.63) is 35.9 Å². The number of carbonyl (C=O) groups is 8. The molecule has 2 rings (SSSR count). The van der Waals surface area contributed by atoms with E-state index in [1.807, 2.05) is 0 Å². The summed E-state index contributed by atoms with van der Waals surface area (Å²) in [7, 11) is 0. The highest BCUT2D eigenvalue weighted by atomic mass is 16.3. The topological polar surface area (TPSA) is 277 Å². The van der Waals surface area contributed by atoms with Crippen LogP contribution < -0.4 is 33.2 Å². The summed E-state index contributed by atoms with van der Waals surface area (Å²) in [5.74, 6) is -6.64. The number of aliphatic hydroxyl groups is 1. The first-order valence-corrected chi connectivity index (χ1v) is 16.5. The van der Waals surface area contributed by atoms with Crippen LogP contribution in [0, 0.1) is 5.92 Å². The summed E-state index contributed by atoms with van der Waals surface area (Å²) in [4.78, 5) is 105. The van der Waals surface area contributed by atoms with E-state index in [0.29, 0.717) is 24.2 Å². The summed E-state index contributed by atoms with van der Waals surface area (Å²) < 4.78 is 0. The molecule has 17 heteroatoms. The molecule has 6 atom stereocenters. The Balaban J connectivity index is 2.56. The highest BCUT2D eigenvalue weighted by Crippen LogP contribution is 2.18. The number of hydrogen-bond donors (Lipinski definition) is 7. The lowest BCUT2D eigenvalue weighted by atomic mass is 9.99. The quantitative estimate of drug-likeness (QED) is 0.0682. The number of benzene rings is 1. The minimum Gasteiger partial charge on any atom is -0.394 e. The third-order valence-corrected chi connectivity index (χ3v) is 8.33. The molecule has 0 aromatic heterocycles. The van der Waals surface area contributed by atoms with Gasteiger partial charge in [-0.1, -0.05) is 44.2 Å². The van der Waals surface area contributed by atoms with E-state index in [-0.39, 0.29) is 24.8 Å². The molecule has 1 fully saturated rings. The molecule has 1 aromatic carbocycles. The average molecular weight is 703 g/mol. The molecule has 0 spiro atoms. The Morgan fingerprint density at radius 2 is 1.68 bits per heavy atom. The fraction of sp³-hybridized carbons (Fsp3) is 0.576. The Kier molecular flexibility index (Phi) is 16.6. The van der Waals surface area contributed by atoms with Gasteiger partial charge in [0, 0.05) is 19.9 Å². The summed E-state index contributed by atoms with van der Waals surface area (Å²) in [6.45, 7) is 4.22. The fourth-order valence-corrected chi connectivity index (χ4v) is 5.73. The first-order chi connectivity index (χ1) is 23.6. The minimum atomic E-state index is -1.83. The number of aldehydes is 1. The van der Waals surface area contributed by atoms with Crippen molar-refractivity contribution < 1.29 is 43.5 Å². The van der Waals surface area contributed by atoms with Crippen LogP contribution in [0.4, 0.5) is 0 Å². The van der Waals surface area contributed by atoms with Gasteiger partial charge in [-0.05, 0) is 43.7 Å². The second-order valence-corrected chi connectivity index (χ2v) is 12.7. The normalized spacial score (nSPS) is 17.0. The molecule has 1 unspecified atom stereocenters. The van der Waals surface area contributed by atoms with Gasteiger partial charge in [0.15, 0.2) is 0 Å². The maximum absolute atomic E-state index is 14.1. The number of aliphatic hydroxyl groups excluding tert-OH is 1. The lowest BCUT2D eigenvalue weighted by Gasteiger charge is -2.37. The molecule has 10 N–H and O–H groups in total. The van der Waals surface area contributed by atoms with Gasteiger partial charge in [0.2, 0.25) is 35.4 Å². The van der Waals surface area contributed by atoms with Crippen molar-refractivity contribution in [3.63, 3.8) is 0 Å². The van der Waals surface area contributed by atoms with Crippen LogP contribution in [0.2, 0.25) is 0 Å². The lowest BCUT2D eigenvalue weighted by molar-refractivity contribution is -0.154. The highest BCUT2D eigenvalue weighted by Gasteiger charge is 2.40. The number of nitrogens with two attached hydrogens (primary N) is 3. The maximum Gasteiger partial charge on any atom is 0.252 e. The molecular weight excluding hydrogens is 652 g/mol. The first-order valence-electron chi connectivity index (χ1n) is 16.5. The van der Waals surface area contributed by atoms with Gasteiger partial charge in [0.25, 0.3) is 5.91 Å². The van der Waals surface area contributed by atoms with Crippen LogP contribution in [-0.4, -0.2) is 118 Å². The molecule has 1 aliphatic heterocycles. The monoisotopic (exact) mass is 702 g/mol. The largest absolute Gasteiger partial charge is 0.394 e. The minimum absolute atomic E-state index is 0.145. The maximum atomic E-state index is 14.1. The molecule has 7 amide bonds. The number of carbonyl (C=O) groups excluding carboxylic acids is 8. The molecule has 1 heterocycles. The van der Waals surface area contributed by atoms with E-state index < -0.39 is 97.6 Å². The smallest absolute Gasteiger partial charge is 0.252 e. The Hall–Kier alpha value is -4.74. The van der Waals surface area contributed by atoms with Crippen LogP contribution >= 0.6 is 0 Å². The van der Waals surface area contributed by atoms with Gasteiger partial charge >= 0.3 is 0 Å². The van der Waals surface area contributed by atoms with Gasteiger partial charge in [0.1, 0.15) is 24.4 Å². The van der Waals surface area contributed by atoms with Gasteiger partial charge in [0.05, 0.1) is 31.2 Å². The second-order valence-electron chi connectivity index (χ2n) is 12.7. The molecule has 0 saturated carbocycles. The molecule has 276 valence electrons. The van der Waals surface area contributed by atoms with E-state index in [0.717, 1.165) is 18.9 Å². The second kappa shape index (κ2) is 20.1. The SMILES string of the molecule is CC(=O)N(C(=O)[C@H](CCC(N)=O)NC(=O)[C@@H](N)CO)[C@@H](CC(N)=O)C(=O)NC(Cc1ccccc1)CN(C(=O)[C@@H]1CCCN1)[C@H](C=O)C(C)C. The third-order valence-electron chi connectivity index (χ3n) is 8.33. The van der Waals surface area contributed by atoms with E-state index in [1.54, 1.807) is 44.2 Å². The fourth-order valence-electron chi connectivity index (χ4n) is 5.73. The number of primary amides is 2. The van der Waals surface area contributed by atoms with E-state index in [9.17, 15) is 43.5 Å². The van der Waals surface area contributed by atoms with Crippen LogP contribution in [0.25, 0.3) is 0 Å². The standard InChI is InChI=1S/C33H50N8O9/c1-19(2)27(18-43)40(32(49)24-10-7-13-37-24)16-22(14-21-8-5-4-6-9-21)38-31(48)26(15-29(36)46)41(20(3)44)33(50)25(11-12-28(35)45)39-30(47)23(34)17-42/h4-6,8-9,18-19,22-27,37,42H,7,10-17,34H2,1-3H3,(H2,35,45)(H2,36,46)(H,38,48)(H,39,47)/t22?,23-,24-,25-,26-,27+/m0/s1. The van der Waals surface area contributed by atoms with Crippen LogP contribution in [-0.2, 0) is 44.8 Å². The zero-order valence-corrected chi connectivity index (χ0v) is 28.7. The first kappa shape index (κ1) is 41.4. The number of nitrogens with one attached hydrogen (secondary N) is 3. The van der Waals surface area contributed by atoms with Crippen LogP contribution in [0.3, 0.4) is 0 Å². The summed E-state index contributed by atoms with van der Waals surface area (Å²) in [6, 6.07) is 1.73. The Morgan fingerprint density at radius 3 is 2.18 bits per heavy atom. The van der Waals surface area contributed by atoms with Crippen molar-refractivity contribution in [2.45, 2.75) is 95.5 Å². The van der Waals surface area contributed by atoms with Crippen molar-refractivity contribution in [3.8, 4) is 0 Å². The Morgan fingerprint density at radius 1 is 1.02 bits per heavy atom. The van der Waals surface area contributed by atoms with Gasteiger partial charge in [-0.25, -0.2) is 0 Å². The van der Waals surface area contributed by atoms with E-state index in [4.69, 9.17) is 17.2 Å². The third kappa shape index (κ3) is 12.3. The van der Waals surface area contributed by atoms with Crippen molar-refractivity contribution in [2.75, 3.05) is 19.7 Å². The summed E-state index contributed by atoms with van der Waals surface area (Å²) >= 11 is 0. The molecule has 0 aliphatic carbocycles. The Bertz CT molecular complexity index is 1370. The molecule has 0 bridgehead atoms. The van der Waals surface area contributed by atoms with Gasteiger partial charge in [-0.3, -0.25) is 38.5 Å². The van der Waals surface area contributed by atoms with Gasteiger partial charge in [-0.15, -0.1) is 0 Å². The molecule has 17 nitrogen and oxygen atoms in total.